The van der Waals surface area contributed by atoms with E-state index in [-0.39, 0.29) is 11.6 Å². The second-order valence-electron chi connectivity index (χ2n) is 4.49. The van der Waals surface area contributed by atoms with Crippen LogP contribution in [-0.2, 0) is 6.54 Å². The molecule has 16 heavy (non-hydrogen) atoms. The van der Waals surface area contributed by atoms with Crippen LogP contribution >= 0.6 is 0 Å². The van der Waals surface area contributed by atoms with E-state index in [1.165, 1.54) is 38.2 Å². The first kappa shape index (κ1) is 11.4. The third-order valence-corrected chi connectivity index (χ3v) is 3.23. The molecule has 1 fully saturated rings. The Morgan fingerprint density at radius 1 is 1.25 bits per heavy atom. The van der Waals surface area contributed by atoms with Gasteiger partial charge in [-0.1, -0.05) is 25.3 Å². The highest BCUT2D eigenvalue weighted by Crippen LogP contribution is 2.20. The molecule has 0 bridgehead atoms. The molecule has 0 amide bonds. The maximum atomic E-state index is 12.8. The molecule has 0 saturated heterocycles. The average Bonchev–Trinajstić information content (AvgIpc) is 2.29. The van der Waals surface area contributed by atoms with Gasteiger partial charge in [0.1, 0.15) is 11.6 Å². The summed E-state index contributed by atoms with van der Waals surface area (Å²) in [7, 11) is 0. The summed E-state index contributed by atoms with van der Waals surface area (Å²) < 4.78 is 12.8. The smallest absolute Gasteiger partial charge is 0.126 e. The van der Waals surface area contributed by atoms with Crippen LogP contribution in [0.25, 0.3) is 0 Å². The fourth-order valence-electron chi connectivity index (χ4n) is 2.25. The van der Waals surface area contributed by atoms with Crippen molar-refractivity contribution in [3.05, 3.63) is 29.6 Å². The number of rotatable bonds is 3. The number of hydrogen-bond donors (Lipinski definition) is 2. The fraction of sp³-hybridized carbons (Fsp3) is 0.538. The number of hydrogen-bond acceptors (Lipinski definition) is 2. The third kappa shape index (κ3) is 2.95. The first-order valence-corrected chi connectivity index (χ1v) is 5.96. The zero-order chi connectivity index (χ0) is 11.4. The lowest BCUT2D eigenvalue weighted by Gasteiger charge is -2.23. The number of halogens is 1. The molecule has 0 aliphatic heterocycles. The van der Waals surface area contributed by atoms with E-state index in [9.17, 15) is 9.50 Å². The molecular formula is C13H18FNO. The SMILES string of the molecule is Oc1cc(F)ccc1CNC1CCCCC1. The summed E-state index contributed by atoms with van der Waals surface area (Å²) in [6, 6.07) is 4.74. The largest absolute Gasteiger partial charge is 0.508 e. The van der Waals surface area contributed by atoms with Crippen LogP contribution in [0.5, 0.6) is 5.75 Å². The lowest BCUT2D eigenvalue weighted by atomic mass is 9.95. The Labute approximate surface area is 95.5 Å². The van der Waals surface area contributed by atoms with Gasteiger partial charge in [-0.2, -0.15) is 0 Å². The van der Waals surface area contributed by atoms with Crippen molar-refractivity contribution in [2.75, 3.05) is 0 Å². The van der Waals surface area contributed by atoms with Crippen LogP contribution in [0.4, 0.5) is 4.39 Å². The molecule has 0 atom stereocenters. The second-order valence-corrected chi connectivity index (χ2v) is 4.49. The van der Waals surface area contributed by atoms with Crippen molar-refractivity contribution in [2.24, 2.45) is 0 Å². The molecule has 1 aromatic carbocycles. The van der Waals surface area contributed by atoms with Crippen LogP contribution in [0.15, 0.2) is 18.2 Å². The van der Waals surface area contributed by atoms with Gasteiger partial charge in [-0.25, -0.2) is 4.39 Å². The lowest BCUT2D eigenvalue weighted by molar-refractivity contribution is 0.368. The summed E-state index contributed by atoms with van der Waals surface area (Å²) in [5.41, 5.74) is 0.770. The van der Waals surface area contributed by atoms with Crippen molar-refractivity contribution in [1.29, 1.82) is 0 Å². The van der Waals surface area contributed by atoms with Gasteiger partial charge in [0.15, 0.2) is 0 Å². The van der Waals surface area contributed by atoms with Gasteiger partial charge in [0.05, 0.1) is 0 Å². The summed E-state index contributed by atoms with van der Waals surface area (Å²) >= 11 is 0. The van der Waals surface area contributed by atoms with Crippen LogP contribution in [0.2, 0.25) is 0 Å². The predicted octanol–water partition coefficient (Wildman–Crippen LogP) is 2.95. The van der Waals surface area contributed by atoms with Crippen molar-refractivity contribution in [2.45, 2.75) is 44.7 Å². The molecule has 88 valence electrons. The Morgan fingerprint density at radius 3 is 2.69 bits per heavy atom. The molecule has 1 aromatic rings. The molecule has 0 unspecified atom stereocenters. The Balaban J connectivity index is 1.88. The van der Waals surface area contributed by atoms with Crippen molar-refractivity contribution < 1.29 is 9.50 Å². The van der Waals surface area contributed by atoms with Gasteiger partial charge in [-0.05, 0) is 18.9 Å². The van der Waals surface area contributed by atoms with Crippen molar-refractivity contribution in [1.82, 2.24) is 5.32 Å². The van der Waals surface area contributed by atoms with Gasteiger partial charge in [-0.15, -0.1) is 0 Å². The molecule has 1 aliphatic rings. The summed E-state index contributed by atoms with van der Waals surface area (Å²) in [6.45, 7) is 0.622. The number of benzene rings is 1. The highest BCUT2D eigenvalue weighted by atomic mass is 19.1. The van der Waals surface area contributed by atoms with Crippen LogP contribution in [0, 0.1) is 5.82 Å². The monoisotopic (exact) mass is 223 g/mol. The Morgan fingerprint density at radius 2 is 2.00 bits per heavy atom. The van der Waals surface area contributed by atoms with Gasteiger partial charge in [0.2, 0.25) is 0 Å². The van der Waals surface area contributed by atoms with Gasteiger partial charge < -0.3 is 10.4 Å². The fourth-order valence-corrected chi connectivity index (χ4v) is 2.25. The summed E-state index contributed by atoms with van der Waals surface area (Å²) in [4.78, 5) is 0. The Bertz CT molecular complexity index is 348. The van der Waals surface area contributed by atoms with E-state index in [1.54, 1.807) is 6.07 Å². The first-order valence-electron chi connectivity index (χ1n) is 5.96. The molecule has 0 aromatic heterocycles. The average molecular weight is 223 g/mol. The van der Waals surface area contributed by atoms with Gasteiger partial charge >= 0.3 is 0 Å². The van der Waals surface area contributed by atoms with Gasteiger partial charge in [-0.3, -0.25) is 0 Å². The standard InChI is InChI=1S/C13H18FNO/c14-11-7-6-10(13(16)8-11)9-15-12-4-2-1-3-5-12/h6-8,12,15-16H,1-5,9H2. The van der Waals surface area contributed by atoms with Crippen LogP contribution in [0.1, 0.15) is 37.7 Å². The molecule has 2 rings (SSSR count). The molecule has 1 aliphatic carbocycles. The zero-order valence-electron chi connectivity index (χ0n) is 9.38. The normalized spacial score (nSPS) is 17.6. The van der Waals surface area contributed by atoms with Crippen LogP contribution in [0.3, 0.4) is 0 Å². The Hall–Kier alpha value is -1.09. The number of phenolic OH excluding ortho intramolecular Hbond substituents is 1. The van der Waals surface area contributed by atoms with E-state index in [4.69, 9.17) is 0 Å². The Kier molecular flexibility index (Phi) is 3.78. The van der Waals surface area contributed by atoms with Gasteiger partial charge in [0, 0.05) is 24.2 Å². The minimum absolute atomic E-state index is 0.0447. The zero-order valence-corrected chi connectivity index (χ0v) is 9.38. The maximum absolute atomic E-state index is 12.8. The predicted molar refractivity (Wildman–Crippen MR) is 61.8 cm³/mol. The first-order chi connectivity index (χ1) is 7.75. The minimum Gasteiger partial charge on any atom is -0.508 e. The van der Waals surface area contributed by atoms with Crippen molar-refractivity contribution in [3.63, 3.8) is 0 Å². The number of aromatic hydroxyl groups is 1. The van der Waals surface area contributed by atoms with E-state index in [0.29, 0.717) is 12.6 Å². The van der Waals surface area contributed by atoms with Crippen LogP contribution in [-0.4, -0.2) is 11.1 Å². The van der Waals surface area contributed by atoms with E-state index in [0.717, 1.165) is 11.6 Å². The number of phenols is 1. The molecule has 2 N–H and O–H groups in total. The second kappa shape index (κ2) is 5.30. The topological polar surface area (TPSA) is 32.3 Å². The molecule has 0 radical (unpaired) electrons. The van der Waals surface area contributed by atoms with E-state index >= 15 is 0 Å². The molecular weight excluding hydrogens is 205 g/mol. The summed E-state index contributed by atoms with van der Waals surface area (Å²) in [5, 5.41) is 13.0. The summed E-state index contributed by atoms with van der Waals surface area (Å²) in [6.07, 6.45) is 6.32. The van der Waals surface area contributed by atoms with E-state index < -0.39 is 0 Å². The van der Waals surface area contributed by atoms with Gasteiger partial charge in [0.25, 0.3) is 0 Å². The lowest BCUT2D eigenvalue weighted by Crippen LogP contribution is -2.30. The molecule has 0 spiro atoms. The van der Waals surface area contributed by atoms with Crippen molar-refractivity contribution >= 4 is 0 Å². The van der Waals surface area contributed by atoms with Crippen molar-refractivity contribution in [3.8, 4) is 5.75 Å². The molecule has 1 saturated carbocycles. The van der Waals surface area contributed by atoms with Crippen LogP contribution < -0.4 is 5.32 Å². The third-order valence-electron chi connectivity index (χ3n) is 3.23. The summed E-state index contributed by atoms with van der Waals surface area (Å²) in [5.74, 6) is -0.345. The molecule has 0 heterocycles. The highest BCUT2D eigenvalue weighted by molar-refractivity contribution is 5.32. The maximum Gasteiger partial charge on any atom is 0.126 e. The molecule has 2 nitrogen and oxygen atoms in total. The quantitative estimate of drug-likeness (QED) is 0.825. The van der Waals surface area contributed by atoms with E-state index in [1.807, 2.05) is 0 Å². The van der Waals surface area contributed by atoms with E-state index in [2.05, 4.69) is 5.32 Å². The molecule has 3 heteroatoms. The minimum atomic E-state index is -0.390. The highest BCUT2D eigenvalue weighted by Gasteiger charge is 2.13. The number of nitrogens with one attached hydrogen (secondary N) is 1.